The van der Waals surface area contributed by atoms with Gasteiger partial charge in [0.25, 0.3) is 0 Å². The van der Waals surface area contributed by atoms with Gasteiger partial charge in [-0.25, -0.2) is 8.42 Å². The number of hydrogen-bond acceptors (Lipinski definition) is 4. The number of carbonyl (C=O) groups excluding carboxylic acids is 1. The molecule has 1 aliphatic carbocycles. The van der Waals surface area contributed by atoms with E-state index >= 15 is 0 Å². The second-order valence-electron chi connectivity index (χ2n) is 4.52. The van der Waals surface area contributed by atoms with Crippen LogP contribution in [-0.2, 0) is 19.4 Å². The van der Waals surface area contributed by atoms with Gasteiger partial charge in [0.2, 0.25) is 0 Å². The molecule has 0 aromatic rings. The van der Waals surface area contributed by atoms with Gasteiger partial charge >= 0.3 is 5.97 Å². The van der Waals surface area contributed by atoms with Crippen molar-refractivity contribution < 1.29 is 23.1 Å². The first-order valence-corrected chi connectivity index (χ1v) is 7.03. The molecule has 0 bridgehead atoms. The van der Waals surface area contributed by atoms with Crippen LogP contribution < -0.4 is 0 Å². The Labute approximate surface area is 94.8 Å². The van der Waals surface area contributed by atoms with E-state index < -0.39 is 26.5 Å². The number of carboxylic acid groups (broad SMARTS) is 1. The summed E-state index contributed by atoms with van der Waals surface area (Å²) in [6.45, 7) is 1.20. The van der Waals surface area contributed by atoms with Crippen LogP contribution in [0.1, 0.15) is 32.6 Å². The number of rotatable bonds is 3. The molecule has 0 aromatic carbocycles. The molecule has 2 unspecified atom stereocenters. The van der Waals surface area contributed by atoms with Gasteiger partial charge in [0, 0.05) is 19.1 Å². The third-order valence-corrected chi connectivity index (χ3v) is 5.50. The van der Waals surface area contributed by atoms with Crippen molar-refractivity contribution in [2.24, 2.45) is 5.92 Å². The molecule has 0 heterocycles. The van der Waals surface area contributed by atoms with Gasteiger partial charge < -0.3 is 5.11 Å². The van der Waals surface area contributed by atoms with Crippen LogP contribution in [0.15, 0.2) is 0 Å². The van der Waals surface area contributed by atoms with Crippen molar-refractivity contribution in [2.45, 2.75) is 37.4 Å². The van der Waals surface area contributed by atoms with Gasteiger partial charge in [0.05, 0.1) is 0 Å². The molecule has 1 aliphatic rings. The topological polar surface area (TPSA) is 88.5 Å². The summed E-state index contributed by atoms with van der Waals surface area (Å²) >= 11 is 0. The van der Waals surface area contributed by atoms with E-state index in [4.69, 9.17) is 5.11 Å². The van der Waals surface area contributed by atoms with Crippen molar-refractivity contribution in [3.8, 4) is 0 Å². The number of carboxylic acids is 1. The van der Waals surface area contributed by atoms with E-state index in [0.29, 0.717) is 19.3 Å². The molecule has 1 rings (SSSR count). The second-order valence-corrected chi connectivity index (χ2v) is 6.91. The Morgan fingerprint density at radius 3 is 2.44 bits per heavy atom. The normalized spacial score (nSPS) is 26.1. The number of ketones is 1. The predicted octanol–water partition coefficient (Wildman–Crippen LogP) is 0.634. The molecular weight excluding hydrogens is 232 g/mol. The molecule has 0 aliphatic heterocycles. The van der Waals surface area contributed by atoms with Gasteiger partial charge in [-0.15, -0.1) is 0 Å². The van der Waals surface area contributed by atoms with E-state index in [0.717, 1.165) is 6.26 Å². The lowest BCUT2D eigenvalue weighted by Crippen LogP contribution is -2.51. The molecule has 0 saturated heterocycles. The predicted molar refractivity (Wildman–Crippen MR) is 57.8 cm³/mol. The Hall–Kier alpha value is -0.910. The summed E-state index contributed by atoms with van der Waals surface area (Å²) in [4.78, 5) is 22.5. The Kier molecular flexibility index (Phi) is 3.42. The Morgan fingerprint density at radius 1 is 1.50 bits per heavy atom. The van der Waals surface area contributed by atoms with Crippen molar-refractivity contribution in [1.82, 2.24) is 0 Å². The lowest BCUT2D eigenvalue weighted by atomic mass is 9.79. The van der Waals surface area contributed by atoms with Crippen LogP contribution in [-0.4, -0.2) is 36.3 Å². The summed E-state index contributed by atoms with van der Waals surface area (Å²) in [5.74, 6) is -2.02. The standard InChI is InChI=1S/C10H16O5S/c1-10(9(12)13,16(2,14)15)7-4-3-5-8(11)6-7/h7H,3-6H2,1-2H3,(H,12,13). The fourth-order valence-electron chi connectivity index (χ4n) is 2.13. The number of sulfone groups is 1. The molecule has 0 radical (unpaired) electrons. The summed E-state index contributed by atoms with van der Waals surface area (Å²) in [6.07, 6.45) is 2.44. The molecule has 16 heavy (non-hydrogen) atoms. The van der Waals surface area contributed by atoms with Gasteiger partial charge in [0.1, 0.15) is 5.78 Å². The summed E-state index contributed by atoms with van der Waals surface area (Å²) < 4.78 is 21.4. The molecule has 1 fully saturated rings. The molecule has 92 valence electrons. The number of Topliss-reactive ketones (excluding diaryl/α,β-unsaturated/α-hetero) is 1. The van der Waals surface area contributed by atoms with Crippen LogP contribution in [0.2, 0.25) is 0 Å². The van der Waals surface area contributed by atoms with E-state index in [1.807, 2.05) is 0 Å². The van der Waals surface area contributed by atoms with Crippen LogP contribution >= 0.6 is 0 Å². The van der Waals surface area contributed by atoms with E-state index in [9.17, 15) is 18.0 Å². The maximum absolute atomic E-state index is 11.6. The summed E-state index contributed by atoms with van der Waals surface area (Å²) in [6, 6.07) is 0. The van der Waals surface area contributed by atoms with Gasteiger partial charge in [-0.05, 0) is 25.7 Å². The maximum Gasteiger partial charge on any atom is 0.325 e. The maximum atomic E-state index is 11.6. The molecule has 0 aromatic heterocycles. The van der Waals surface area contributed by atoms with Gasteiger partial charge in [-0.1, -0.05) is 0 Å². The van der Waals surface area contributed by atoms with Crippen LogP contribution in [0, 0.1) is 5.92 Å². The minimum atomic E-state index is -3.74. The average molecular weight is 248 g/mol. The quantitative estimate of drug-likeness (QED) is 0.791. The van der Waals surface area contributed by atoms with Crippen molar-refractivity contribution in [3.63, 3.8) is 0 Å². The minimum absolute atomic E-state index is 0.0487. The zero-order chi connectivity index (χ0) is 12.6. The summed E-state index contributed by atoms with van der Waals surface area (Å²) in [7, 11) is -3.74. The highest BCUT2D eigenvalue weighted by Gasteiger charge is 2.51. The highest BCUT2D eigenvalue weighted by molar-refractivity contribution is 7.92. The monoisotopic (exact) mass is 248 g/mol. The highest BCUT2D eigenvalue weighted by Crippen LogP contribution is 2.36. The SMILES string of the molecule is CC(C(=O)O)(C1CCCC(=O)C1)S(C)(=O)=O. The molecule has 2 atom stereocenters. The van der Waals surface area contributed by atoms with Gasteiger partial charge in [0.15, 0.2) is 14.6 Å². The fourth-order valence-corrected chi connectivity index (χ4v) is 3.25. The Morgan fingerprint density at radius 2 is 2.06 bits per heavy atom. The lowest BCUT2D eigenvalue weighted by Gasteiger charge is -2.34. The molecule has 6 heteroatoms. The Bertz CT molecular complexity index is 411. The molecule has 5 nitrogen and oxygen atoms in total. The zero-order valence-electron chi connectivity index (χ0n) is 9.39. The minimum Gasteiger partial charge on any atom is -0.480 e. The first kappa shape index (κ1) is 13.2. The Balaban J connectivity index is 3.12. The van der Waals surface area contributed by atoms with Crippen molar-refractivity contribution in [3.05, 3.63) is 0 Å². The molecule has 1 N–H and O–H groups in total. The van der Waals surface area contributed by atoms with E-state index in [-0.39, 0.29) is 12.2 Å². The van der Waals surface area contributed by atoms with E-state index in [1.165, 1.54) is 6.92 Å². The average Bonchev–Trinajstić information content (AvgIpc) is 2.14. The molecule has 0 amide bonds. The second kappa shape index (κ2) is 4.16. The smallest absolute Gasteiger partial charge is 0.325 e. The van der Waals surface area contributed by atoms with Crippen LogP contribution in [0.3, 0.4) is 0 Å². The lowest BCUT2D eigenvalue weighted by molar-refractivity contribution is -0.141. The van der Waals surface area contributed by atoms with Crippen LogP contribution in [0.4, 0.5) is 0 Å². The highest BCUT2D eigenvalue weighted by atomic mass is 32.2. The van der Waals surface area contributed by atoms with Crippen molar-refractivity contribution >= 4 is 21.6 Å². The molecular formula is C10H16O5S. The number of hydrogen-bond donors (Lipinski definition) is 1. The van der Waals surface area contributed by atoms with Crippen molar-refractivity contribution in [2.75, 3.05) is 6.26 Å². The molecule has 0 spiro atoms. The van der Waals surface area contributed by atoms with Crippen molar-refractivity contribution in [1.29, 1.82) is 0 Å². The number of carbonyl (C=O) groups is 2. The third-order valence-electron chi connectivity index (χ3n) is 3.46. The van der Waals surface area contributed by atoms with Crippen LogP contribution in [0.5, 0.6) is 0 Å². The molecule has 1 saturated carbocycles. The first-order valence-electron chi connectivity index (χ1n) is 5.14. The zero-order valence-corrected chi connectivity index (χ0v) is 10.2. The van der Waals surface area contributed by atoms with E-state index in [2.05, 4.69) is 0 Å². The van der Waals surface area contributed by atoms with Gasteiger partial charge in [-0.2, -0.15) is 0 Å². The third kappa shape index (κ3) is 2.11. The largest absolute Gasteiger partial charge is 0.480 e. The van der Waals surface area contributed by atoms with Gasteiger partial charge in [-0.3, -0.25) is 9.59 Å². The summed E-state index contributed by atoms with van der Waals surface area (Å²) in [5, 5.41) is 9.12. The number of aliphatic carboxylic acids is 1. The first-order chi connectivity index (χ1) is 7.19. The van der Waals surface area contributed by atoms with E-state index in [1.54, 1.807) is 0 Å². The fraction of sp³-hybridized carbons (Fsp3) is 0.800. The van der Waals surface area contributed by atoms with Crippen LogP contribution in [0.25, 0.3) is 0 Å². The summed E-state index contributed by atoms with van der Waals surface area (Å²) in [5.41, 5.74) is 0.